The first kappa shape index (κ1) is 19.2. The smallest absolute Gasteiger partial charge is 0.409 e. The minimum absolute atomic E-state index is 0.200. The van der Waals surface area contributed by atoms with E-state index < -0.39 is 0 Å². The molecule has 1 saturated heterocycles. The zero-order valence-corrected chi connectivity index (χ0v) is 16.1. The highest BCUT2D eigenvalue weighted by Crippen LogP contribution is 2.25. The van der Waals surface area contributed by atoms with E-state index in [-0.39, 0.29) is 6.09 Å². The summed E-state index contributed by atoms with van der Waals surface area (Å²) in [7, 11) is 0. The lowest BCUT2D eigenvalue weighted by atomic mass is 10.1. The zero-order valence-electron chi connectivity index (χ0n) is 16.1. The molecule has 1 aromatic carbocycles. The normalized spacial score (nSPS) is 15.0. The van der Waals surface area contributed by atoms with Gasteiger partial charge in [-0.05, 0) is 50.1 Å². The van der Waals surface area contributed by atoms with Crippen LogP contribution in [0, 0.1) is 6.92 Å². The molecular formula is C20H28N4O3. The molecule has 0 radical (unpaired) electrons. The lowest BCUT2D eigenvalue weighted by Gasteiger charge is -2.33. The number of H-pyrrole nitrogens is 1. The van der Waals surface area contributed by atoms with Gasteiger partial charge in [0.15, 0.2) is 0 Å². The number of carbonyl (C=O) groups is 1. The Kier molecular flexibility index (Phi) is 6.70. The van der Waals surface area contributed by atoms with Crippen molar-refractivity contribution in [2.45, 2.75) is 20.3 Å². The van der Waals surface area contributed by atoms with Crippen molar-refractivity contribution < 1.29 is 14.3 Å². The third-order valence-corrected chi connectivity index (χ3v) is 4.77. The van der Waals surface area contributed by atoms with Gasteiger partial charge in [0.25, 0.3) is 0 Å². The summed E-state index contributed by atoms with van der Waals surface area (Å²) in [6.07, 6.45) is 2.52. The first-order chi connectivity index (χ1) is 13.2. The summed E-state index contributed by atoms with van der Waals surface area (Å²) in [5.74, 6) is 0.892. The molecule has 1 aliphatic rings. The van der Waals surface area contributed by atoms with Gasteiger partial charge in [0.2, 0.25) is 0 Å². The van der Waals surface area contributed by atoms with Crippen LogP contribution in [-0.4, -0.2) is 72.0 Å². The van der Waals surface area contributed by atoms with E-state index in [9.17, 15) is 4.79 Å². The van der Waals surface area contributed by atoms with Crippen molar-refractivity contribution in [2.75, 3.05) is 45.9 Å². The molecule has 1 aromatic heterocycles. The van der Waals surface area contributed by atoms with Crippen LogP contribution in [0.3, 0.4) is 0 Å². The van der Waals surface area contributed by atoms with Gasteiger partial charge in [-0.3, -0.25) is 10.00 Å². The van der Waals surface area contributed by atoms with E-state index in [1.807, 2.05) is 19.1 Å². The van der Waals surface area contributed by atoms with Gasteiger partial charge in [0.1, 0.15) is 5.75 Å². The minimum atomic E-state index is -0.200. The molecule has 146 valence electrons. The van der Waals surface area contributed by atoms with Crippen LogP contribution in [0.5, 0.6) is 5.75 Å². The number of ether oxygens (including phenoxy) is 2. The molecule has 2 aromatic rings. The summed E-state index contributed by atoms with van der Waals surface area (Å²) in [5, 5.41) is 6.99. The summed E-state index contributed by atoms with van der Waals surface area (Å²) >= 11 is 0. The standard InChI is InChI=1S/C20H28N4O3/c1-3-26-20(25)24-12-10-23(11-13-24)9-4-14-27-17-5-6-18(16(2)15-17)19-7-8-21-22-19/h5-8,15H,3-4,9-14H2,1-2H3,(H,21,22). The SMILES string of the molecule is CCOC(=O)N1CCN(CCCOc2ccc(-c3ccn[nH]3)c(C)c2)CC1. The quantitative estimate of drug-likeness (QED) is 0.757. The van der Waals surface area contributed by atoms with Gasteiger partial charge in [0, 0.05) is 44.5 Å². The minimum Gasteiger partial charge on any atom is -0.494 e. The van der Waals surface area contributed by atoms with Crippen molar-refractivity contribution in [3.63, 3.8) is 0 Å². The van der Waals surface area contributed by atoms with E-state index in [0.29, 0.717) is 13.2 Å². The maximum absolute atomic E-state index is 11.7. The Morgan fingerprint density at radius 3 is 2.70 bits per heavy atom. The Labute approximate surface area is 160 Å². The monoisotopic (exact) mass is 372 g/mol. The third-order valence-electron chi connectivity index (χ3n) is 4.77. The molecule has 0 unspecified atom stereocenters. The number of aryl methyl sites for hydroxylation is 1. The van der Waals surface area contributed by atoms with Gasteiger partial charge in [-0.2, -0.15) is 5.10 Å². The van der Waals surface area contributed by atoms with Crippen LogP contribution in [0.15, 0.2) is 30.5 Å². The second kappa shape index (κ2) is 9.41. The molecule has 0 spiro atoms. The van der Waals surface area contributed by atoms with E-state index >= 15 is 0 Å². The number of carbonyl (C=O) groups excluding carboxylic acids is 1. The van der Waals surface area contributed by atoms with E-state index in [0.717, 1.165) is 61.7 Å². The third kappa shape index (κ3) is 5.23. The average Bonchev–Trinajstić information content (AvgIpc) is 3.20. The molecule has 7 heteroatoms. The number of nitrogens with zero attached hydrogens (tertiary/aromatic N) is 3. The second-order valence-corrected chi connectivity index (χ2v) is 6.68. The highest BCUT2D eigenvalue weighted by atomic mass is 16.6. The lowest BCUT2D eigenvalue weighted by Crippen LogP contribution is -2.49. The van der Waals surface area contributed by atoms with Crippen LogP contribution >= 0.6 is 0 Å². The van der Waals surface area contributed by atoms with Crippen molar-refractivity contribution >= 4 is 6.09 Å². The number of aromatic nitrogens is 2. The predicted molar refractivity (Wildman–Crippen MR) is 104 cm³/mol. The number of nitrogens with one attached hydrogen (secondary N) is 1. The van der Waals surface area contributed by atoms with Crippen LogP contribution in [0.4, 0.5) is 4.79 Å². The maximum Gasteiger partial charge on any atom is 0.409 e. The van der Waals surface area contributed by atoms with E-state index in [1.165, 1.54) is 0 Å². The number of rotatable bonds is 7. The zero-order chi connectivity index (χ0) is 19.1. The molecule has 1 amide bonds. The number of hydrogen-bond donors (Lipinski definition) is 1. The molecule has 1 aliphatic heterocycles. The Morgan fingerprint density at radius 2 is 2.04 bits per heavy atom. The van der Waals surface area contributed by atoms with Gasteiger partial charge in [-0.15, -0.1) is 0 Å². The van der Waals surface area contributed by atoms with Gasteiger partial charge in [-0.1, -0.05) is 0 Å². The molecule has 2 heterocycles. The van der Waals surface area contributed by atoms with E-state index in [2.05, 4.69) is 34.2 Å². The van der Waals surface area contributed by atoms with E-state index in [1.54, 1.807) is 11.1 Å². The lowest BCUT2D eigenvalue weighted by molar-refractivity contribution is 0.0782. The van der Waals surface area contributed by atoms with Crippen LogP contribution in [0.2, 0.25) is 0 Å². The summed E-state index contributed by atoms with van der Waals surface area (Å²) < 4.78 is 11.0. The fourth-order valence-corrected chi connectivity index (χ4v) is 3.28. The van der Waals surface area contributed by atoms with Crippen molar-refractivity contribution in [3.05, 3.63) is 36.0 Å². The van der Waals surface area contributed by atoms with Gasteiger partial charge < -0.3 is 14.4 Å². The maximum atomic E-state index is 11.7. The molecule has 3 rings (SSSR count). The molecule has 0 saturated carbocycles. The molecule has 7 nitrogen and oxygen atoms in total. The summed E-state index contributed by atoms with van der Waals surface area (Å²) in [4.78, 5) is 15.9. The van der Waals surface area contributed by atoms with Crippen LogP contribution in [-0.2, 0) is 4.74 Å². The first-order valence-corrected chi connectivity index (χ1v) is 9.54. The summed E-state index contributed by atoms with van der Waals surface area (Å²) in [6.45, 7) is 9.23. The Morgan fingerprint density at radius 1 is 1.22 bits per heavy atom. The van der Waals surface area contributed by atoms with Crippen molar-refractivity contribution in [3.8, 4) is 17.0 Å². The van der Waals surface area contributed by atoms with Crippen LogP contribution < -0.4 is 4.74 Å². The number of benzene rings is 1. The molecule has 0 aliphatic carbocycles. The topological polar surface area (TPSA) is 70.7 Å². The Bertz CT molecular complexity index is 725. The number of piperazine rings is 1. The number of aromatic amines is 1. The van der Waals surface area contributed by atoms with Gasteiger partial charge in [0.05, 0.1) is 18.9 Å². The molecular weight excluding hydrogens is 344 g/mol. The van der Waals surface area contributed by atoms with Gasteiger partial charge in [-0.25, -0.2) is 4.79 Å². The van der Waals surface area contributed by atoms with E-state index in [4.69, 9.17) is 9.47 Å². The Balaban J connectivity index is 1.37. The highest BCUT2D eigenvalue weighted by molar-refractivity contribution is 5.67. The largest absolute Gasteiger partial charge is 0.494 e. The second-order valence-electron chi connectivity index (χ2n) is 6.68. The fraction of sp³-hybridized carbons (Fsp3) is 0.500. The van der Waals surface area contributed by atoms with Crippen molar-refractivity contribution in [2.24, 2.45) is 0 Å². The van der Waals surface area contributed by atoms with Crippen LogP contribution in [0.1, 0.15) is 18.9 Å². The fourth-order valence-electron chi connectivity index (χ4n) is 3.28. The molecule has 27 heavy (non-hydrogen) atoms. The van der Waals surface area contributed by atoms with Crippen molar-refractivity contribution in [1.82, 2.24) is 20.0 Å². The summed E-state index contributed by atoms with van der Waals surface area (Å²) in [6, 6.07) is 8.09. The predicted octanol–water partition coefficient (Wildman–Crippen LogP) is 2.93. The summed E-state index contributed by atoms with van der Waals surface area (Å²) in [5.41, 5.74) is 3.31. The van der Waals surface area contributed by atoms with Crippen LogP contribution in [0.25, 0.3) is 11.3 Å². The average molecular weight is 372 g/mol. The molecule has 1 fully saturated rings. The first-order valence-electron chi connectivity index (χ1n) is 9.54. The highest BCUT2D eigenvalue weighted by Gasteiger charge is 2.21. The number of amides is 1. The molecule has 0 atom stereocenters. The van der Waals surface area contributed by atoms with Gasteiger partial charge >= 0.3 is 6.09 Å². The van der Waals surface area contributed by atoms with Crippen molar-refractivity contribution in [1.29, 1.82) is 0 Å². The number of hydrogen-bond acceptors (Lipinski definition) is 5. The molecule has 0 bridgehead atoms. The Hall–Kier alpha value is -2.54. The molecule has 1 N–H and O–H groups in total.